The molecule has 0 aliphatic heterocycles. The molecule has 2 aromatic carbocycles. The molecule has 0 spiro atoms. The summed E-state index contributed by atoms with van der Waals surface area (Å²) in [6.45, 7) is 2.06. The summed E-state index contributed by atoms with van der Waals surface area (Å²) in [4.78, 5) is 4.69. The monoisotopic (exact) mass is 358 g/mol. The van der Waals surface area contributed by atoms with Gasteiger partial charge in [-0.05, 0) is 19.1 Å². The minimum absolute atomic E-state index is 0.634. The SMILES string of the molecule is Cc1ccc(-c2nc(-c3ccc(N(C)S(C)(=O)=O)cc3)cs2)cc1. The van der Waals surface area contributed by atoms with Gasteiger partial charge in [0, 0.05) is 23.6 Å². The minimum Gasteiger partial charge on any atom is -0.274 e. The number of rotatable bonds is 4. The molecule has 0 atom stereocenters. The van der Waals surface area contributed by atoms with Gasteiger partial charge in [-0.25, -0.2) is 13.4 Å². The van der Waals surface area contributed by atoms with Crippen molar-refractivity contribution < 1.29 is 8.42 Å². The third-order valence-corrected chi connectivity index (χ3v) is 5.92. The summed E-state index contributed by atoms with van der Waals surface area (Å²) in [7, 11) is -1.70. The summed E-state index contributed by atoms with van der Waals surface area (Å²) >= 11 is 1.60. The molecule has 0 bridgehead atoms. The Morgan fingerprint density at radius 3 is 2.12 bits per heavy atom. The molecule has 0 amide bonds. The van der Waals surface area contributed by atoms with Crippen LogP contribution in [0, 0.1) is 6.92 Å². The van der Waals surface area contributed by atoms with Gasteiger partial charge in [-0.3, -0.25) is 4.31 Å². The highest BCUT2D eigenvalue weighted by molar-refractivity contribution is 7.92. The van der Waals surface area contributed by atoms with E-state index in [1.807, 2.05) is 17.5 Å². The third kappa shape index (κ3) is 3.49. The van der Waals surface area contributed by atoms with Gasteiger partial charge in [-0.2, -0.15) is 0 Å². The number of anilines is 1. The lowest BCUT2D eigenvalue weighted by atomic mass is 10.1. The Balaban J connectivity index is 1.87. The number of hydrogen-bond acceptors (Lipinski definition) is 4. The van der Waals surface area contributed by atoms with Crippen molar-refractivity contribution in [2.45, 2.75) is 6.92 Å². The second kappa shape index (κ2) is 6.37. The van der Waals surface area contributed by atoms with Gasteiger partial charge in [0.25, 0.3) is 0 Å². The lowest BCUT2D eigenvalue weighted by Gasteiger charge is -2.16. The van der Waals surface area contributed by atoms with Gasteiger partial charge in [0.1, 0.15) is 5.01 Å². The minimum atomic E-state index is -3.25. The molecular formula is C18H18N2O2S2. The molecule has 0 N–H and O–H groups in total. The molecule has 0 unspecified atom stereocenters. The Labute approximate surface area is 146 Å². The number of thiazole rings is 1. The van der Waals surface area contributed by atoms with E-state index in [1.165, 1.54) is 16.1 Å². The van der Waals surface area contributed by atoms with E-state index >= 15 is 0 Å². The van der Waals surface area contributed by atoms with Crippen LogP contribution in [0.15, 0.2) is 53.9 Å². The molecule has 0 fully saturated rings. The Morgan fingerprint density at radius 1 is 0.958 bits per heavy atom. The van der Waals surface area contributed by atoms with E-state index in [1.54, 1.807) is 30.5 Å². The van der Waals surface area contributed by atoms with Gasteiger partial charge in [0.15, 0.2) is 0 Å². The van der Waals surface area contributed by atoms with Crippen molar-refractivity contribution in [2.24, 2.45) is 0 Å². The molecular weight excluding hydrogens is 340 g/mol. The van der Waals surface area contributed by atoms with Crippen LogP contribution in [0.4, 0.5) is 5.69 Å². The van der Waals surface area contributed by atoms with Gasteiger partial charge in [-0.1, -0.05) is 42.0 Å². The van der Waals surface area contributed by atoms with Crippen molar-refractivity contribution in [2.75, 3.05) is 17.6 Å². The maximum atomic E-state index is 11.6. The molecule has 1 aromatic heterocycles. The average Bonchev–Trinajstić information content (AvgIpc) is 3.04. The van der Waals surface area contributed by atoms with E-state index in [4.69, 9.17) is 4.98 Å². The van der Waals surface area contributed by atoms with Crippen molar-refractivity contribution in [1.29, 1.82) is 0 Å². The van der Waals surface area contributed by atoms with Crippen molar-refractivity contribution >= 4 is 27.0 Å². The van der Waals surface area contributed by atoms with E-state index in [0.29, 0.717) is 5.69 Å². The molecule has 6 heteroatoms. The van der Waals surface area contributed by atoms with Crippen molar-refractivity contribution in [3.63, 3.8) is 0 Å². The van der Waals surface area contributed by atoms with Crippen molar-refractivity contribution in [3.05, 3.63) is 59.5 Å². The largest absolute Gasteiger partial charge is 0.274 e. The summed E-state index contributed by atoms with van der Waals surface area (Å²) in [5.41, 5.74) is 4.82. The number of aromatic nitrogens is 1. The molecule has 0 saturated heterocycles. The van der Waals surface area contributed by atoms with E-state index in [9.17, 15) is 8.42 Å². The smallest absolute Gasteiger partial charge is 0.231 e. The lowest BCUT2D eigenvalue weighted by Crippen LogP contribution is -2.24. The molecule has 0 radical (unpaired) electrons. The van der Waals surface area contributed by atoms with Gasteiger partial charge in [0.2, 0.25) is 10.0 Å². The van der Waals surface area contributed by atoms with Crippen LogP contribution in [0.25, 0.3) is 21.8 Å². The van der Waals surface area contributed by atoms with Crippen LogP contribution >= 0.6 is 11.3 Å². The standard InChI is InChI=1S/C18H18N2O2S2/c1-13-4-6-15(7-5-13)18-19-17(12-23-18)14-8-10-16(11-9-14)20(2)24(3,21)22/h4-12H,1-3H3. The van der Waals surface area contributed by atoms with Crippen LogP contribution in [-0.2, 0) is 10.0 Å². The average molecular weight is 358 g/mol. The number of aryl methyl sites for hydroxylation is 1. The van der Waals surface area contributed by atoms with Crippen molar-refractivity contribution in [1.82, 2.24) is 4.98 Å². The molecule has 124 valence electrons. The van der Waals surface area contributed by atoms with Crippen LogP contribution in [0.5, 0.6) is 0 Å². The fraction of sp³-hybridized carbons (Fsp3) is 0.167. The van der Waals surface area contributed by atoms with E-state index < -0.39 is 10.0 Å². The molecule has 0 saturated carbocycles. The fourth-order valence-electron chi connectivity index (χ4n) is 2.27. The zero-order valence-electron chi connectivity index (χ0n) is 13.7. The summed E-state index contributed by atoms with van der Waals surface area (Å²) in [6, 6.07) is 15.7. The van der Waals surface area contributed by atoms with Crippen molar-refractivity contribution in [3.8, 4) is 21.8 Å². The summed E-state index contributed by atoms with van der Waals surface area (Å²) < 4.78 is 24.4. The van der Waals surface area contributed by atoms with Crippen LogP contribution < -0.4 is 4.31 Å². The Bertz CT molecular complexity index is 943. The number of hydrogen-bond donors (Lipinski definition) is 0. The Morgan fingerprint density at radius 2 is 1.54 bits per heavy atom. The van der Waals surface area contributed by atoms with E-state index in [0.717, 1.165) is 21.8 Å². The Kier molecular flexibility index (Phi) is 4.43. The first-order valence-electron chi connectivity index (χ1n) is 7.41. The molecule has 3 aromatic rings. The zero-order chi connectivity index (χ0) is 17.3. The summed E-state index contributed by atoms with van der Waals surface area (Å²) in [5.74, 6) is 0. The quantitative estimate of drug-likeness (QED) is 0.703. The van der Waals surface area contributed by atoms with Crippen LogP contribution in [0.2, 0.25) is 0 Å². The first kappa shape index (κ1) is 16.7. The fourth-order valence-corrected chi connectivity index (χ4v) is 3.61. The van der Waals surface area contributed by atoms with Crippen LogP contribution in [-0.4, -0.2) is 26.7 Å². The van der Waals surface area contributed by atoms with Gasteiger partial charge in [-0.15, -0.1) is 11.3 Å². The number of sulfonamides is 1. The normalized spacial score (nSPS) is 11.5. The van der Waals surface area contributed by atoms with Crippen LogP contribution in [0.1, 0.15) is 5.56 Å². The van der Waals surface area contributed by atoms with Gasteiger partial charge >= 0.3 is 0 Å². The maximum Gasteiger partial charge on any atom is 0.231 e. The highest BCUT2D eigenvalue weighted by Crippen LogP contribution is 2.30. The molecule has 3 rings (SSSR count). The van der Waals surface area contributed by atoms with Crippen LogP contribution in [0.3, 0.4) is 0 Å². The topological polar surface area (TPSA) is 50.3 Å². The summed E-state index contributed by atoms with van der Waals surface area (Å²) in [6.07, 6.45) is 1.19. The molecule has 0 aliphatic carbocycles. The lowest BCUT2D eigenvalue weighted by molar-refractivity contribution is 0.600. The highest BCUT2D eigenvalue weighted by atomic mass is 32.2. The number of benzene rings is 2. The van der Waals surface area contributed by atoms with E-state index in [-0.39, 0.29) is 0 Å². The van der Waals surface area contributed by atoms with Gasteiger partial charge in [0.05, 0.1) is 17.6 Å². The zero-order valence-corrected chi connectivity index (χ0v) is 15.4. The Hall–Kier alpha value is -2.18. The highest BCUT2D eigenvalue weighted by Gasteiger charge is 2.12. The number of nitrogens with zero attached hydrogens (tertiary/aromatic N) is 2. The second-order valence-corrected chi connectivity index (χ2v) is 8.55. The predicted octanol–water partition coefficient (Wildman–Crippen LogP) is 4.18. The molecule has 4 nitrogen and oxygen atoms in total. The molecule has 1 heterocycles. The summed E-state index contributed by atoms with van der Waals surface area (Å²) in [5, 5.41) is 2.99. The van der Waals surface area contributed by atoms with Gasteiger partial charge < -0.3 is 0 Å². The molecule has 0 aliphatic rings. The predicted molar refractivity (Wildman–Crippen MR) is 101 cm³/mol. The third-order valence-electron chi connectivity index (χ3n) is 3.83. The first-order valence-corrected chi connectivity index (χ1v) is 10.1. The molecule has 24 heavy (non-hydrogen) atoms. The first-order chi connectivity index (χ1) is 11.3. The maximum absolute atomic E-state index is 11.6. The second-order valence-electron chi connectivity index (χ2n) is 5.68. The van der Waals surface area contributed by atoms with E-state index in [2.05, 4.69) is 31.2 Å².